The Kier molecular flexibility index (Phi) is 5.75. The Bertz CT molecular complexity index is 821. The highest BCUT2D eigenvalue weighted by molar-refractivity contribution is 9.10. The van der Waals surface area contributed by atoms with Crippen molar-refractivity contribution in [1.82, 2.24) is 0 Å². The molecule has 0 unspecified atom stereocenters. The number of anilines is 1. The Labute approximate surface area is 156 Å². The van der Waals surface area contributed by atoms with Crippen LogP contribution in [-0.4, -0.2) is 33.4 Å². The Hall–Kier alpha value is -2.29. The number of nitrogens with zero attached hydrogens (tertiary/aromatic N) is 2. The molecule has 3 rings (SSSR count). The van der Waals surface area contributed by atoms with Gasteiger partial charge in [-0.25, -0.2) is 0 Å². The molecule has 0 aromatic heterocycles. The molecule has 2 aromatic rings. The minimum atomic E-state index is 0.596. The van der Waals surface area contributed by atoms with Gasteiger partial charge in [-0.3, -0.25) is 0 Å². The number of halogens is 1. The van der Waals surface area contributed by atoms with E-state index in [4.69, 9.17) is 9.47 Å². The van der Waals surface area contributed by atoms with E-state index >= 15 is 0 Å². The standard InChI is InChI=1S/C20H19BrN2O2/c1-24-20-13-19(23-7-9-25-10-8-23)6-5-16(20)11-17(14-22)15-3-2-4-18(21)12-15/h2-6,11-13H,7-10H2,1H3/b17-11-. The summed E-state index contributed by atoms with van der Waals surface area (Å²) in [5, 5.41) is 9.56. The fraction of sp³-hybridized carbons (Fsp3) is 0.250. The third-order valence-corrected chi connectivity index (χ3v) is 4.64. The van der Waals surface area contributed by atoms with Crippen molar-refractivity contribution in [3.8, 4) is 11.8 Å². The maximum atomic E-state index is 9.56. The van der Waals surface area contributed by atoms with E-state index in [0.717, 1.165) is 53.3 Å². The van der Waals surface area contributed by atoms with Gasteiger partial charge in [0.05, 0.1) is 32.0 Å². The predicted molar refractivity (Wildman–Crippen MR) is 104 cm³/mol. The van der Waals surface area contributed by atoms with Gasteiger partial charge in [-0.1, -0.05) is 28.1 Å². The summed E-state index contributed by atoms with van der Waals surface area (Å²) >= 11 is 3.45. The fourth-order valence-corrected chi connectivity index (χ4v) is 3.23. The first-order valence-electron chi connectivity index (χ1n) is 8.10. The number of methoxy groups -OCH3 is 1. The number of morpholine rings is 1. The van der Waals surface area contributed by atoms with Crippen molar-refractivity contribution in [2.24, 2.45) is 0 Å². The summed E-state index contributed by atoms with van der Waals surface area (Å²) in [5.74, 6) is 0.756. The predicted octanol–water partition coefficient (Wildman–Crippen LogP) is 4.36. The van der Waals surface area contributed by atoms with Crippen LogP contribution in [0.3, 0.4) is 0 Å². The third-order valence-electron chi connectivity index (χ3n) is 4.15. The SMILES string of the molecule is COc1cc(N2CCOCC2)ccc1/C=C(/C#N)c1cccc(Br)c1. The molecular formula is C20H19BrN2O2. The monoisotopic (exact) mass is 398 g/mol. The maximum Gasteiger partial charge on any atom is 0.128 e. The second-order valence-electron chi connectivity index (χ2n) is 5.71. The van der Waals surface area contributed by atoms with Crippen LogP contribution in [0.1, 0.15) is 11.1 Å². The van der Waals surface area contributed by atoms with Gasteiger partial charge in [0, 0.05) is 34.9 Å². The van der Waals surface area contributed by atoms with Gasteiger partial charge in [0.1, 0.15) is 5.75 Å². The van der Waals surface area contributed by atoms with Crippen molar-refractivity contribution < 1.29 is 9.47 Å². The van der Waals surface area contributed by atoms with Crippen molar-refractivity contribution in [3.63, 3.8) is 0 Å². The van der Waals surface area contributed by atoms with Gasteiger partial charge in [0.2, 0.25) is 0 Å². The Morgan fingerprint density at radius 1 is 1.24 bits per heavy atom. The average molecular weight is 399 g/mol. The number of ether oxygens (including phenoxy) is 2. The van der Waals surface area contributed by atoms with Crippen LogP contribution in [0, 0.1) is 11.3 Å². The highest BCUT2D eigenvalue weighted by Crippen LogP contribution is 2.30. The molecule has 128 valence electrons. The number of nitriles is 1. The van der Waals surface area contributed by atoms with Crippen LogP contribution in [0.2, 0.25) is 0 Å². The van der Waals surface area contributed by atoms with E-state index in [-0.39, 0.29) is 0 Å². The lowest BCUT2D eigenvalue weighted by Gasteiger charge is -2.29. The second-order valence-corrected chi connectivity index (χ2v) is 6.62. The highest BCUT2D eigenvalue weighted by Gasteiger charge is 2.13. The summed E-state index contributed by atoms with van der Waals surface area (Å²) in [4.78, 5) is 2.28. The van der Waals surface area contributed by atoms with Crippen LogP contribution in [-0.2, 0) is 4.74 Å². The van der Waals surface area contributed by atoms with Crippen LogP contribution in [0.15, 0.2) is 46.9 Å². The summed E-state index contributed by atoms with van der Waals surface area (Å²) in [5.41, 5.74) is 3.46. The lowest BCUT2D eigenvalue weighted by atomic mass is 10.0. The van der Waals surface area contributed by atoms with E-state index in [1.165, 1.54) is 0 Å². The molecule has 0 aliphatic carbocycles. The molecule has 1 saturated heterocycles. The largest absolute Gasteiger partial charge is 0.496 e. The molecule has 0 N–H and O–H groups in total. The lowest BCUT2D eigenvalue weighted by Crippen LogP contribution is -2.36. The molecule has 0 bridgehead atoms. The molecule has 0 atom stereocenters. The zero-order valence-electron chi connectivity index (χ0n) is 14.0. The Balaban J connectivity index is 1.94. The molecule has 25 heavy (non-hydrogen) atoms. The smallest absolute Gasteiger partial charge is 0.128 e. The van der Waals surface area contributed by atoms with Crippen LogP contribution in [0.25, 0.3) is 11.6 Å². The van der Waals surface area contributed by atoms with Crippen molar-refractivity contribution in [2.45, 2.75) is 0 Å². The molecule has 0 amide bonds. The molecular weight excluding hydrogens is 380 g/mol. The minimum Gasteiger partial charge on any atom is -0.496 e. The molecule has 1 heterocycles. The van der Waals surface area contributed by atoms with Gasteiger partial charge in [-0.15, -0.1) is 0 Å². The lowest BCUT2D eigenvalue weighted by molar-refractivity contribution is 0.122. The normalized spacial score (nSPS) is 14.9. The van der Waals surface area contributed by atoms with Crippen molar-refractivity contribution in [3.05, 3.63) is 58.1 Å². The second kappa shape index (κ2) is 8.19. The Morgan fingerprint density at radius 3 is 2.72 bits per heavy atom. The summed E-state index contributed by atoms with van der Waals surface area (Å²) in [6.45, 7) is 3.23. The number of rotatable bonds is 4. The first-order valence-corrected chi connectivity index (χ1v) is 8.89. The van der Waals surface area contributed by atoms with Gasteiger partial charge >= 0.3 is 0 Å². The van der Waals surface area contributed by atoms with Gasteiger partial charge in [0.25, 0.3) is 0 Å². The van der Waals surface area contributed by atoms with Crippen LogP contribution >= 0.6 is 15.9 Å². The van der Waals surface area contributed by atoms with E-state index in [2.05, 4.69) is 33.0 Å². The zero-order valence-corrected chi connectivity index (χ0v) is 15.6. The zero-order chi connectivity index (χ0) is 17.6. The summed E-state index contributed by atoms with van der Waals surface area (Å²) in [6, 6.07) is 16.1. The number of hydrogen-bond donors (Lipinski definition) is 0. The first kappa shape index (κ1) is 17.5. The first-order chi connectivity index (χ1) is 12.2. The summed E-state index contributed by atoms with van der Waals surface area (Å²) in [7, 11) is 1.65. The molecule has 4 nitrogen and oxygen atoms in total. The van der Waals surface area contributed by atoms with Crippen LogP contribution in [0.5, 0.6) is 5.75 Å². The van der Waals surface area contributed by atoms with Crippen molar-refractivity contribution >= 4 is 33.3 Å². The minimum absolute atomic E-state index is 0.596. The maximum absolute atomic E-state index is 9.56. The van der Waals surface area contributed by atoms with Gasteiger partial charge < -0.3 is 14.4 Å². The number of allylic oxidation sites excluding steroid dienone is 1. The molecule has 0 saturated carbocycles. The molecule has 2 aromatic carbocycles. The van der Waals surface area contributed by atoms with E-state index < -0.39 is 0 Å². The van der Waals surface area contributed by atoms with Crippen molar-refractivity contribution in [2.75, 3.05) is 38.3 Å². The van der Waals surface area contributed by atoms with E-state index in [1.807, 2.05) is 42.5 Å². The van der Waals surface area contributed by atoms with Gasteiger partial charge in [0.15, 0.2) is 0 Å². The molecule has 0 spiro atoms. The molecule has 1 fully saturated rings. The third kappa shape index (κ3) is 4.22. The quantitative estimate of drug-likeness (QED) is 0.566. The highest BCUT2D eigenvalue weighted by atomic mass is 79.9. The van der Waals surface area contributed by atoms with Crippen LogP contribution < -0.4 is 9.64 Å². The molecule has 1 aliphatic rings. The molecule has 5 heteroatoms. The topological polar surface area (TPSA) is 45.5 Å². The van der Waals surface area contributed by atoms with Crippen LogP contribution in [0.4, 0.5) is 5.69 Å². The van der Waals surface area contributed by atoms with E-state index in [1.54, 1.807) is 7.11 Å². The molecule has 0 radical (unpaired) electrons. The number of hydrogen-bond acceptors (Lipinski definition) is 4. The average Bonchev–Trinajstić information content (AvgIpc) is 2.66. The van der Waals surface area contributed by atoms with E-state index in [0.29, 0.717) is 5.57 Å². The molecule has 1 aliphatic heterocycles. The van der Waals surface area contributed by atoms with Gasteiger partial charge in [-0.05, 0) is 35.9 Å². The van der Waals surface area contributed by atoms with E-state index in [9.17, 15) is 5.26 Å². The number of benzene rings is 2. The van der Waals surface area contributed by atoms with Crippen molar-refractivity contribution in [1.29, 1.82) is 5.26 Å². The Morgan fingerprint density at radius 2 is 2.04 bits per heavy atom. The van der Waals surface area contributed by atoms with Gasteiger partial charge in [-0.2, -0.15) is 5.26 Å². The fourth-order valence-electron chi connectivity index (χ4n) is 2.83. The summed E-state index contributed by atoms with van der Waals surface area (Å²) in [6.07, 6.45) is 1.86. The summed E-state index contributed by atoms with van der Waals surface area (Å²) < 4.78 is 11.9.